The minimum absolute atomic E-state index is 0.0341. The molecule has 0 amide bonds. The second kappa shape index (κ2) is 6.33. The van der Waals surface area contributed by atoms with Gasteiger partial charge in [-0.3, -0.25) is 0 Å². The van der Waals surface area contributed by atoms with Crippen LogP contribution in [0.1, 0.15) is 15.9 Å². The Bertz CT molecular complexity index is 958. The van der Waals surface area contributed by atoms with Crippen LogP contribution in [-0.2, 0) is 15.6 Å². The Hall–Kier alpha value is -2.86. The van der Waals surface area contributed by atoms with Gasteiger partial charge in [0.2, 0.25) is 0 Å². The van der Waals surface area contributed by atoms with Crippen LogP contribution in [0.3, 0.4) is 0 Å². The molecule has 0 bridgehead atoms. The lowest BCUT2D eigenvalue weighted by atomic mass is 10.0. The van der Waals surface area contributed by atoms with Gasteiger partial charge in [0.05, 0.1) is 28.7 Å². The molecular formula is C18H14O5S. The molecule has 2 aromatic carbocycles. The maximum atomic E-state index is 12.5. The lowest BCUT2D eigenvalue weighted by Gasteiger charge is -2.09. The zero-order chi connectivity index (χ0) is 17.2. The van der Waals surface area contributed by atoms with Crippen molar-refractivity contribution >= 4 is 15.8 Å². The summed E-state index contributed by atoms with van der Waals surface area (Å²) in [6.45, 7) is 0. The third-order valence-electron chi connectivity index (χ3n) is 3.64. The summed E-state index contributed by atoms with van der Waals surface area (Å²) >= 11 is 0. The second-order valence-corrected chi connectivity index (χ2v) is 7.25. The first-order chi connectivity index (χ1) is 11.5. The molecule has 0 radical (unpaired) electrons. The zero-order valence-electron chi connectivity index (χ0n) is 12.5. The number of rotatable bonds is 5. The van der Waals surface area contributed by atoms with Crippen LogP contribution in [0.2, 0.25) is 0 Å². The molecule has 3 rings (SSSR count). The summed E-state index contributed by atoms with van der Waals surface area (Å²) in [6, 6.07) is 14.4. The summed E-state index contributed by atoms with van der Waals surface area (Å²) in [5.74, 6) is -1.54. The van der Waals surface area contributed by atoms with Gasteiger partial charge in [0.1, 0.15) is 0 Å². The molecule has 1 aromatic heterocycles. The number of benzene rings is 2. The first-order valence-corrected chi connectivity index (χ1v) is 8.79. The fourth-order valence-electron chi connectivity index (χ4n) is 2.43. The number of carbonyl (C=O) groups is 1. The van der Waals surface area contributed by atoms with Gasteiger partial charge in [0, 0.05) is 5.56 Å². The number of aromatic carboxylic acids is 1. The third-order valence-corrected chi connectivity index (χ3v) is 5.32. The number of carboxylic acid groups (broad SMARTS) is 1. The van der Waals surface area contributed by atoms with Gasteiger partial charge in [-0.25, -0.2) is 13.2 Å². The fraction of sp³-hybridized carbons (Fsp3) is 0.0556. The van der Waals surface area contributed by atoms with Gasteiger partial charge in [0.25, 0.3) is 0 Å². The van der Waals surface area contributed by atoms with Crippen LogP contribution in [0.5, 0.6) is 0 Å². The molecule has 0 saturated heterocycles. The zero-order valence-corrected chi connectivity index (χ0v) is 13.4. The first-order valence-electron chi connectivity index (χ1n) is 7.14. The summed E-state index contributed by atoms with van der Waals surface area (Å²) in [5, 5.41) is 9.44. The number of carboxylic acids is 1. The quantitative estimate of drug-likeness (QED) is 0.765. The van der Waals surface area contributed by atoms with Gasteiger partial charge in [-0.05, 0) is 35.4 Å². The number of sulfone groups is 1. The van der Waals surface area contributed by atoms with E-state index in [1.54, 1.807) is 30.3 Å². The van der Waals surface area contributed by atoms with E-state index in [-0.39, 0.29) is 21.8 Å². The normalized spacial score (nSPS) is 11.3. The average molecular weight is 342 g/mol. The highest BCUT2D eigenvalue weighted by Gasteiger charge is 2.20. The Kier molecular flexibility index (Phi) is 4.22. The smallest absolute Gasteiger partial charge is 0.336 e. The lowest BCUT2D eigenvalue weighted by molar-refractivity contribution is 0.0696. The number of furan rings is 1. The van der Waals surface area contributed by atoms with Gasteiger partial charge in [-0.15, -0.1) is 0 Å². The van der Waals surface area contributed by atoms with Crippen LogP contribution < -0.4 is 0 Å². The molecule has 1 N–H and O–H groups in total. The Balaban J connectivity index is 2.01. The van der Waals surface area contributed by atoms with Gasteiger partial charge in [-0.2, -0.15) is 0 Å². The standard InChI is InChI=1S/C18H14O5S/c19-18(20)17-10-13(14-8-9-23-11-14)6-7-15(17)12-24(21,22)16-4-2-1-3-5-16/h1-11H,12H2,(H,19,20). The van der Waals surface area contributed by atoms with Crippen LogP contribution >= 0.6 is 0 Å². The summed E-state index contributed by atoms with van der Waals surface area (Å²) in [5.41, 5.74) is 1.60. The number of hydrogen-bond acceptors (Lipinski definition) is 4. The minimum atomic E-state index is -3.62. The van der Waals surface area contributed by atoms with Crippen molar-refractivity contribution < 1.29 is 22.7 Å². The largest absolute Gasteiger partial charge is 0.478 e. The molecule has 0 aliphatic heterocycles. The Morgan fingerprint density at radius 1 is 1.00 bits per heavy atom. The van der Waals surface area contributed by atoms with E-state index in [0.717, 1.165) is 5.56 Å². The maximum absolute atomic E-state index is 12.5. The van der Waals surface area contributed by atoms with Crippen molar-refractivity contribution in [1.29, 1.82) is 0 Å². The highest BCUT2D eigenvalue weighted by molar-refractivity contribution is 7.90. The van der Waals surface area contributed by atoms with E-state index in [4.69, 9.17) is 4.42 Å². The Morgan fingerprint density at radius 3 is 2.38 bits per heavy atom. The van der Waals surface area contributed by atoms with E-state index in [1.165, 1.54) is 36.8 Å². The molecule has 0 spiro atoms. The maximum Gasteiger partial charge on any atom is 0.336 e. The summed E-state index contributed by atoms with van der Waals surface area (Å²) in [4.78, 5) is 11.7. The van der Waals surface area contributed by atoms with Crippen molar-refractivity contribution in [2.75, 3.05) is 0 Å². The lowest BCUT2D eigenvalue weighted by Crippen LogP contribution is -2.10. The van der Waals surface area contributed by atoms with Gasteiger partial charge >= 0.3 is 5.97 Å². The Morgan fingerprint density at radius 2 is 1.75 bits per heavy atom. The monoisotopic (exact) mass is 342 g/mol. The van der Waals surface area contributed by atoms with Crippen molar-refractivity contribution in [3.05, 3.63) is 78.3 Å². The molecule has 0 atom stereocenters. The summed E-state index contributed by atoms with van der Waals surface area (Å²) < 4.78 is 30.0. The second-order valence-electron chi connectivity index (χ2n) is 5.26. The van der Waals surface area contributed by atoms with Crippen LogP contribution in [0, 0.1) is 0 Å². The van der Waals surface area contributed by atoms with E-state index in [0.29, 0.717) is 5.56 Å². The highest BCUT2D eigenvalue weighted by atomic mass is 32.2. The molecular weight excluding hydrogens is 328 g/mol. The predicted molar refractivity (Wildman–Crippen MR) is 88.4 cm³/mol. The fourth-order valence-corrected chi connectivity index (χ4v) is 3.83. The van der Waals surface area contributed by atoms with Gasteiger partial charge < -0.3 is 9.52 Å². The summed E-state index contributed by atoms with van der Waals surface area (Å²) in [6.07, 6.45) is 2.99. The van der Waals surface area contributed by atoms with Crippen LogP contribution in [-0.4, -0.2) is 19.5 Å². The van der Waals surface area contributed by atoms with Crippen molar-refractivity contribution in [2.45, 2.75) is 10.6 Å². The van der Waals surface area contributed by atoms with Crippen molar-refractivity contribution in [2.24, 2.45) is 0 Å². The molecule has 6 heteroatoms. The van der Waals surface area contributed by atoms with E-state index in [9.17, 15) is 18.3 Å². The average Bonchev–Trinajstić information content (AvgIpc) is 3.10. The summed E-state index contributed by atoms with van der Waals surface area (Å²) in [7, 11) is -3.62. The molecule has 0 unspecified atom stereocenters. The molecule has 1 heterocycles. The highest BCUT2D eigenvalue weighted by Crippen LogP contribution is 2.25. The molecule has 24 heavy (non-hydrogen) atoms. The predicted octanol–water partition coefficient (Wildman–Crippen LogP) is 3.62. The Labute approximate surface area is 139 Å². The molecule has 0 aliphatic rings. The number of hydrogen-bond donors (Lipinski definition) is 1. The van der Waals surface area contributed by atoms with Crippen LogP contribution in [0.4, 0.5) is 0 Å². The molecule has 3 aromatic rings. The molecule has 0 saturated carbocycles. The van der Waals surface area contributed by atoms with Gasteiger partial charge in [0.15, 0.2) is 9.84 Å². The van der Waals surface area contributed by atoms with E-state index >= 15 is 0 Å². The van der Waals surface area contributed by atoms with Crippen molar-refractivity contribution in [1.82, 2.24) is 0 Å². The van der Waals surface area contributed by atoms with Crippen LogP contribution in [0.15, 0.2) is 76.4 Å². The van der Waals surface area contributed by atoms with E-state index < -0.39 is 15.8 Å². The van der Waals surface area contributed by atoms with E-state index in [1.807, 2.05) is 0 Å². The van der Waals surface area contributed by atoms with Crippen molar-refractivity contribution in [3.8, 4) is 11.1 Å². The third kappa shape index (κ3) is 3.23. The van der Waals surface area contributed by atoms with E-state index in [2.05, 4.69) is 0 Å². The molecule has 0 fully saturated rings. The minimum Gasteiger partial charge on any atom is -0.478 e. The van der Waals surface area contributed by atoms with Crippen LogP contribution in [0.25, 0.3) is 11.1 Å². The molecule has 122 valence electrons. The first kappa shape index (κ1) is 16.0. The topological polar surface area (TPSA) is 84.6 Å². The SMILES string of the molecule is O=C(O)c1cc(-c2ccoc2)ccc1CS(=O)(=O)c1ccccc1. The molecule has 0 aliphatic carbocycles. The molecule has 5 nitrogen and oxygen atoms in total. The van der Waals surface area contributed by atoms with Crippen molar-refractivity contribution in [3.63, 3.8) is 0 Å². The van der Waals surface area contributed by atoms with Gasteiger partial charge in [-0.1, -0.05) is 30.3 Å².